The highest BCUT2D eigenvalue weighted by Gasteiger charge is 2.28. The minimum absolute atomic E-state index is 0.109. The number of thiazole rings is 1. The van der Waals surface area contributed by atoms with Crippen molar-refractivity contribution in [1.82, 2.24) is 25.2 Å². The van der Waals surface area contributed by atoms with E-state index < -0.39 is 0 Å². The van der Waals surface area contributed by atoms with Gasteiger partial charge in [0.1, 0.15) is 0 Å². The number of benzene rings is 1. The molecule has 0 aliphatic heterocycles. The minimum Gasteiger partial charge on any atom is -0.301 e. The average molecular weight is 387 g/mol. The SMILES string of the molecule is CCc1ccc(-c2csc(NC(=O)CSc3nnnn3C3CC3)n2)cc1. The molecule has 2 aromatic heterocycles. The molecule has 4 rings (SSSR count). The van der Waals surface area contributed by atoms with E-state index in [2.05, 4.69) is 57.0 Å². The van der Waals surface area contributed by atoms with Crippen molar-refractivity contribution < 1.29 is 4.79 Å². The number of aryl methyl sites for hydroxylation is 1. The molecule has 0 bridgehead atoms. The Bertz CT molecular complexity index is 900. The fourth-order valence-electron chi connectivity index (χ4n) is 2.49. The molecule has 134 valence electrons. The van der Waals surface area contributed by atoms with Gasteiger partial charge in [0, 0.05) is 10.9 Å². The normalized spacial score (nSPS) is 13.7. The number of hydrogen-bond acceptors (Lipinski definition) is 7. The average Bonchev–Trinajstić information content (AvgIpc) is 3.22. The second-order valence-electron chi connectivity index (χ2n) is 6.06. The summed E-state index contributed by atoms with van der Waals surface area (Å²) in [7, 11) is 0. The smallest absolute Gasteiger partial charge is 0.236 e. The molecule has 2 heterocycles. The zero-order chi connectivity index (χ0) is 17.9. The molecule has 1 fully saturated rings. The Labute approximate surface area is 159 Å². The van der Waals surface area contributed by atoms with Crippen LogP contribution in [0, 0.1) is 0 Å². The number of hydrogen-bond donors (Lipinski definition) is 1. The van der Waals surface area contributed by atoms with Crippen LogP contribution in [0.15, 0.2) is 34.8 Å². The monoisotopic (exact) mass is 386 g/mol. The maximum Gasteiger partial charge on any atom is 0.236 e. The lowest BCUT2D eigenvalue weighted by atomic mass is 10.1. The first kappa shape index (κ1) is 17.2. The third-order valence-electron chi connectivity index (χ3n) is 4.10. The molecular weight excluding hydrogens is 368 g/mol. The second kappa shape index (κ2) is 7.55. The van der Waals surface area contributed by atoms with Gasteiger partial charge in [0.15, 0.2) is 5.13 Å². The molecule has 0 saturated heterocycles. The maximum absolute atomic E-state index is 12.2. The summed E-state index contributed by atoms with van der Waals surface area (Å²) in [6.07, 6.45) is 3.22. The number of nitrogens with zero attached hydrogens (tertiary/aromatic N) is 5. The highest BCUT2D eigenvalue weighted by Crippen LogP contribution is 2.36. The van der Waals surface area contributed by atoms with Crippen molar-refractivity contribution in [2.24, 2.45) is 0 Å². The Hall–Kier alpha value is -2.26. The first-order valence-electron chi connectivity index (χ1n) is 8.48. The number of carbonyl (C=O) groups excluding carboxylic acids is 1. The first-order chi connectivity index (χ1) is 12.7. The number of carbonyl (C=O) groups is 1. The largest absolute Gasteiger partial charge is 0.301 e. The van der Waals surface area contributed by atoms with Crippen LogP contribution in [0.1, 0.15) is 31.4 Å². The second-order valence-corrected chi connectivity index (χ2v) is 7.86. The standard InChI is InChI=1S/C17H18N6OS2/c1-2-11-3-5-12(6-4-11)14-9-25-16(18-14)19-15(24)10-26-17-20-21-22-23(17)13-7-8-13/h3-6,9,13H,2,7-8,10H2,1H3,(H,18,19,24). The Kier molecular flexibility index (Phi) is 4.98. The molecular formula is C17H18N6OS2. The lowest BCUT2D eigenvalue weighted by Gasteiger charge is -2.02. The van der Waals surface area contributed by atoms with Crippen molar-refractivity contribution >= 4 is 34.1 Å². The predicted molar refractivity (Wildman–Crippen MR) is 102 cm³/mol. The molecule has 1 aliphatic carbocycles. The lowest BCUT2D eigenvalue weighted by Crippen LogP contribution is -2.14. The molecule has 1 N–H and O–H groups in total. The van der Waals surface area contributed by atoms with E-state index in [1.807, 2.05) is 5.38 Å². The van der Waals surface area contributed by atoms with E-state index in [1.165, 1.54) is 28.7 Å². The summed E-state index contributed by atoms with van der Waals surface area (Å²) in [6.45, 7) is 2.13. The van der Waals surface area contributed by atoms with Crippen molar-refractivity contribution in [3.8, 4) is 11.3 Å². The number of rotatable bonds is 7. The van der Waals surface area contributed by atoms with E-state index in [4.69, 9.17) is 0 Å². The molecule has 1 aromatic carbocycles. The molecule has 26 heavy (non-hydrogen) atoms. The Morgan fingerprint density at radius 3 is 2.88 bits per heavy atom. The number of anilines is 1. The molecule has 7 nitrogen and oxygen atoms in total. The van der Waals surface area contributed by atoms with Crippen LogP contribution in [0.2, 0.25) is 0 Å². The van der Waals surface area contributed by atoms with Crippen molar-refractivity contribution in [2.45, 2.75) is 37.4 Å². The maximum atomic E-state index is 12.2. The fourth-order valence-corrected chi connectivity index (χ4v) is 3.97. The van der Waals surface area contributed by atoms with Gasteiger partial charge in [0.05, 0.1) is 17.5 Å². The van der Waals surface area contributed by atoms with Gasteiger partial charge in [-0.3, -0.25) is 4.79 Å². The van der Waals surface area contributed by atoms with E-state index in [-0.39, 0.29) is 11.7 Å². The number of thioether (sulfide) groups is 1. The highest BCUT2D eigenvalue weighted by molar-refractivity contribution is 7.99. The summed E-state index contributed by atoms with van der Waals surface area (Å²) in [5.74, 6) is 0.148. The summed E-state index contributed by atoms with van der Waals surface area (Å²) in [5, 5.41) is 17.8. The molecule has 0 radical (unpaired) electrons. The van der Waals surface area contributed by atoms with Gasteiger partial charge >= 0.3 is 0 Å². The Morgan fingerprint density at radius 1 is 1.35 bits per heavy atom. The van der Waals surface area contributed by atoms with Gasteiger partial charge in [-0.25, -0.2) is 9.67 Å². The summed E-state index contributed by atoms with van der Waals surface area (Å²) in [5.41, 5.74) is 3.22. The Balaban J connectivity index is 1.34. The van der Waals surface area contributed by atoms with Crippen LogP contribution in [0.5, 0.6) is 0 Å². The van der Waals surface area contributed by atoms with E-state index >= 15 is 0 Å². The summed E-state index contributed by atoms with van der Waals surface area (Å²) in [6, 6.07) is 8.73. The Morgan fingerprint density at radius 2 is 2.15 bits per heavy atom. The highest BCUT2D eigenvalue weighted by atomic mass is 32.2. The topological polar surface area (TPSA) is 85.6 Å². The van der Waals surface area contributed by atoms with Crippen molar-refractivity contribution in [1.29, 1.82) is 0 Å². The quantitative estimate of drug-likeness (QED) is 0.626. The molecule has 3 aromatic rings. The summed E-state index contributed by atoms with van der Waals surface area (Å²) in [4.78, 5) is 16.7. The molecule has 1 saturated carbocycles. The first-order valence-corrected chi connectivity index (χ1v) is 10.3. The fraction of sp³-hybridized carbons (Fsp3) is 0.353. The van der Waals surface area contributed by atoms with Crippen LogP contribution in [0.3, 0.4) is 0 Å². The molecule has 1 aliphatic rings. The van der Waals surface area contributed by atoms with E-state index in [0.717, 1.165) is 30.5 Å². The van der Waals surface area contributed by atoms with Crippen LogP contribution in [0.4, 0.5) is 5.13 Å². The van der Waals surface area contributed by atoms with Gasteiger partial charge in [-0.2, -0.15) is 0 Å². The van der Waals surface area contributed by atoms with Gasteiger partial charge in [-0.05, 0) is 35.3 Å². The number of aromatic nitrogens is 5. The predicted octanol–water partition coefficient (Wildman–Crippen LogP) is 3.42. The van der Waals surface area contributed by atoms with Crippen molar-refractivity contribution in [3.05, 3.63) is 35.2 Å². The third-order valence-corrected chi connectivity index (χ3v) is 5.79. The molecule has 9 heteroatoms. The van der Waals surface area contributed by atoms with Crippen LogP contribution in [0.25, 0.3) is 11.3 Å². The zero-order valence-corrected chi connectivity index (χ0v) is 15.9. The zero-order valence-electron chi connectivity index (χ0n) is 14.3. The van der Waals surface area contributed by atoms with Gasteiger partial charge in [0.25, 0.3) is 0 Å². The number of tetrazole rings is 1. The van der Waals surface area contributed by atoms with Crippen molar-refractivity contribution in [3.63, 3.8) is 0 Å². The van der Waals surface area contributed by atoms with Gasteiger partial charge in [-0.1, -0.05) is 43.0 Å². The van der Waals surface area contributed by atoms with Gasteiger partial charge in [-0.15, -0.1) is 16.4 Å². The molecule has 1 amide bonds. The van der Waals surface area contributed by atoms with Crippen LogP contribution < -0.4 is 5.32 Å². The van der Waals surface area contributed by atoms with Crippen LogP contribution in [-0.4, -0.2) is 36.9 Å². The van der Waals surface area contributed by atoms with Gasteiger partial charge in [0.2, 0.25) is 11.1 Å². The van der Waals surface area contributed by atoms with Gasteiger partial charge < -0.3 is 5.32 Å². The van der Waals surface area contributed by atoms with Crippen molar-refractivity contribution in [2.75, 3.05) is 11.1 Å². The molecule has 0 unspecified atom stereocenters. The molecule has 0 atom stereocenters. The van der Waals surface area contributed by atoms with Crippen LogP contribution in [-0.2, 0) is 11.2 Å². The summed E-state index contributed by atoms with van der Waals surface area (Å²) < 4.78 is 1.80. The summed E-state index contributed by atoms with van der Waals surface area (Å²) >= 11 is 2.77. The molecule has 0 spiro atoms. The van der Waals surface area contributed by atoms with E-state index in [9.17, 15) is 4.79 Å². The minimum atomic E-state index is -0.109. The number of nitrogens with one attached hydrogen (secondary N) is 1. The number of amides is 1. The van der Waals surface area contributed by atoms with Crippen LogP contribution >= 0.6 is 23.1 Å². The third kappa shape index (κ3) is 3.94. The lowest BCUT2D eigenvalue weighted by molar-refractivity contribution is -0.113. The van der Waals surface area contributed by atoms with E-state index in [1.54, 1.807) is 4.68 Å². The van der Waals surface area contributed by atoms with E-state index in [0.29, 0.717) is 16.3 Å².